The van der Waals surface area contributed by atoms with Gasteiger partial charge in [-0.3, -0.25) is 4.99 Å². The second-order valence-electron chi connectivity index (χ2n) is 7.30. The van der Waals surface area contributed by atoms with Crippen LogP contribution in [-0.2, 0) is 0 Å². The summed E-state index contributed by atoms with van der Waals surface area (Å²) in [7, 11) is 0. The van der Waals surface area contributed by atoms with Gasteiger partial charge < -0.3 is 0 Å². The Balaban J connectivity index is 1.37. The van der Waals surface area contributed by atoms with Gasteiger partial charge in [-0.05, 0) is 67.2 Å². The lowest BCUT2D eigenvalue weighted by atomic mass is 9.84. The molecular weight excluding hydrogens is 344 g/mol. The Kier molecular flexibility index (Phi) is 6.18. The molecule has 28 heavy (non-hydrogen) atoms. The first-order chi connectivity index (χ1) is 13.9. The van der Waals surface area contributed by atoms with Gasteiger partial charge in [0, 0.05) is 25.2 Å². The lowest BCUT2D eigenvalue weighted by Crippen LogP contribution is -2.14. The van der Waals surface area contributed by atoms with E-state index in [9.17, 15) is 0 Å². The highest BCUT2D eigenvalue weighted by Gasteiger charge is 2.19. The van der Waals surface area contributed by atoms with Crippen LogP contribution in [0.2, 0.25) is 0 Å². The zero-order valence-corrected chi connectivity index (χ0v) is 16.1. The molecule has 2 atom stereocenters. The van der Waals surface area contributed by atoms with Crippen LogP contribution in [0.15, 0.2) is 91.6 Å². The fourth-order valence-corrected chi connectivity index (χ4v) is 3.80. The van der Waals surface area contributed by atoms with Crippen LogP contribution >= 0.6 is 0 Å². The third-order valence-electron chi connectivity index (χ3n) is 5.33. The quantitative estimate of drug-likeness (QED) is 0.611. The zero-order valence-electron chi connectivity index (χ0n) is 16.1. The highest BCUT2D eigenvalue weighted by molar-refractivity contribution is 6.20. The molecule has 4 nitrogen and oxygen atoms in total. The number of amidine groups is 1. The van der Waals surface area contributed by atoms with Crippen LogP contribution in [0.25, 0.3) is 0 Å². The average Bonchev–Trinajstić information content (AvgIpc) is 2.78. The van der Waals surface area contributed by atoms with Crippen molar-refractivity contribution < 1.29 is 0 Å². The molecule has 4 rings (SSSR count). The van der Waals surface area contributed by atoms with E-state index in [1.54, 1.807) is 12.4 Å². The van der Waals surface area contributed by atoms with Crippen LogP contribution < -0.4 is 0 Å². The molecule has 142 valence electrons. The largest absolute Gasteiger partial charge is 0.266 e. The summed E-state index contributed by atoms with van der Waals surface area (Å²) in [6.07, 6.45) is 30.5. The van der Waals surface area contributed by atoms with Gasteiger partial charge in [0.2, 0.25) is 0 Å². The van der Waals surface area contributed by atoms with Gasteiger partial charge >= 0.3 is 0 Å². The van der Waals surface area contributed by atoms with E-state index in [0.717, 1.165) is 50.3 Å². The Morgan fingerprint density at radius 1 is 1.00 bits per heavy atom. The first kappa shape index (κ1) is 18.5. The molecule has 0 bridgehead atoms. The van der Waals surface area contributed by atoms with Crippen LogP contribution in [0, 0.1) is 11.8 Å². The Morgan fingerprint density at radius 2 is 1.96 bits per heavy atom. The van der Waals surface area contributed by atoms with E-state index in [4.69, 9.17) is 0 Å². The van der Waals surface area contributed by atoms with Crippen molar-refractivity contribution in [2.75, 3.05) is 6.54 Å². The molecular formula is C24H26N4. The van der Waals surface area contributed by atoms with Crippen LogP contribution in [-0.4, -0.2) is 31.0 Å². The van der Waals surface area contributed by atoms with Crippen molar-refractivity contribution in [1.29, 1.82) is 0 Å². The standard InChI is InChI=1S/C24H26N4/c1-3-7-19(8-4-1)21-11-13-25-23(17-21)27-15-16-28-24-18-22(12-14-26-24)20-9-5-2-6-10-20/h1,3-5,7,9-10,13,15-19,21H,2,6,8,11-12,14H2. The maximum atomic E-state index is 4.50. The van der Waals surface area contributed by atoms with Crippen molar-refractivity contribution in [2.24, 2.45) is 31.8 Å². The van der Waals surface area contributed by atoms with Gasteiger partial charge in [0.1, 0.15) is 11.7 Å². The lowest BCUT2D eigenvalue weighted by Gasteiger charge is -2.22. The summed E-state index contributed by atoms with van der Waals surface area (Å²) < 4.78 is 0. The smallest absolute Gasteiger partial charge is 0.147 e. The fourth-order valence-electron chi connectivity index (χ4n) is 3.80. The maximum Gasteiger partial charge on any atom is 0.147 e. The van der Waals surface area contributed by atoms with Crippen LogP contribution in [0.3, 0.4) is 0 Å². The normalized spacial score (nSPS) is 27.1. The molecule has 0 aromatic heterocycles. The van der Waals surface area contributed by atoms with E-state index in [-0.39, 0.29) is 0 Å². The van der Waals surface area contributed by atoms with Crippen molar-refractivity contribution in [3.05, 3.63) is 71.7 Å². The van der Waals surface area contributed by atoms with E-state index in [2.05, 4.69) is 74.7 Å². The molecule has 0 spiro atoms. The van der Waals surface area contributed by atoms with E-state index >= 15 is 0 Å². The second kappa shape index (κ2) is 9.36. The summed E-state index contributed by atoms with van der Waals surface area (Å²) in [5, 5.41) is 0. The molecule has 2 heterocycles. The fraction of sp³-hybridized carbons (Fsp3) is 0.333. The molecule has 0 amide bonds. The molecule has 0 N–H and O–H groups in total. The topological polar surface area (TPSA) is 49.4 Å². The number of nitrogens with zero attached hydrogens (tertiary/aromatic N) is 4. The van der Waals surface area contributed by atoms with Crippen molar-refractivity contribution >= 4 is 24.5 Å². The summed E-state index contributed by atoms with van der Waals surface area (Å²) >= 11 is 0. The molecule has 0 saturated heterocycles. The minimum Gasteiger partial charge on any atom is -0.266 e. The SMILES string of the molecule is C1=CCC(C2C=C(N=CC=NC3=NCCC(C4=CCCC=C4)=C3)N=CC2)C=C1. The van der Waals surface area contributed by atoms with Crippen molar-refractivity contribution in [3.63, 3.8) is 0 Å². The summed E-state index contributed by atoms with van der Waals surface area (Å²) in [5.74, 6) is 2.54. The minimum atomic E-state index is 0.466. The number of hydrogen-bond acceptors (Lipinski definition) is 4. The van der Waals surface area contributed by atoms with Gasteiger partial charge in [-0.1, -0.05) is 42.5 Å². The molecule has 4 heteroatoms. The molecule has 0 radical (unpaired) electrons. The van der Waals surface area contributed by atoms with E-state index in [0.29, 0.717) is 11.8 Å². The van der Waals surface area contributed by atoms with Crippen molar-refractivity contribution in [3.8, 4) is 0 Å². The summed E-state index contributed by atoms with van der Waals surface area (Å²) in [6, 6.07) is 0. The number of allylic oxidation sites excluding steroid dienone is 9. The summed E-state index contributed by atoms with van der Waals surface area (Å²) in [4.78, 5) is 17.9. The summed E-state index contributed by atoms with van der Waals surface area (Å²) in [6.45, 7) is 0.793. The molecule has 0 saturated carbocycles. The molecule has 2 aliphatic heterocycles. The highest BCUT2D eigenvalue weighted by Crippen LogP contribution is 2.28. The number of rotatable bonds is 4. The van der Waals surface area contributed by atoms with Crippen molar-refractivity contribution in [2.45, 2.75) is 32.1 Å². The monoisotopic (exact) mass is 370 g/mol. The van der Waals surface area contributed by atoms with Gasteiger partial charge in [0.05, 0.1) is 0 Å². The predicted molar refractivity (Wildman–Crippen MR) is 120 cm³/mol. The molecule has 2 aliphatic carbocycles. The Bertz CT molecular complexity index is 888. The number of aliphatic imine (C=N–C) groups is 4. The number of hydrogen-bond donors (Lipinski definition) is 0. The highest BCUT2D eigenvalue weighted by atomic mass is 15.0. The van der Waals surface area contributed by atoms with E-state index < -0.39 is 0 Å². The summed E-state index contributed by atoms with van der Waals surface area (Å²) in [5.41, 5.74) is 2.65. The van der Waals surface area contributed by atoms with Crippen LogP contribution in [0.4, 0.5) is 0 Å². The molecule has 2 unspecified atom stereocenters. The second-order valence-corrected chi connectivity index (χ2v) is 7.30. The van der Waals surface area contributed by atoms with Gasteiger partial charge in [-0.2, -0.15) is 0 Å². The molecule has 0 aromatic rings. The Morgan fingerprint density at radius 3 is 2.82 bits per heavy atom. The number of dihydropyridines is 1. The third kappa shape index (κ3) is 4.89. The third-order valence-corrected chi connectivity index (χ3v) is 5.33. The lowest BCUT2D eigenvalue weighted by molar-refractivity contribution is 0.486. The van der Waals surface area contributed by atoms with Gasteiger partial charge in [0.25, 0.3) is 0 Å². The van der Waals surface area contributed by atoms with E-state index in [1.807, 2.05) is 6.21 Å². The Hall–Kier alpha value is -2.88. The average molecular weight is 371 g/mol. The van der Waals surface area contributed by atoms with Gasteiger partial charge in [-0.25, -0.2) is 15.0 Å². The maximum absolute atomic E-state index is 4.50. The van der Waals surface area contributed by atoms with Gasteiger partial charge in [0.15, 0.2) is 0 Å². The van der Waals surface area contributed by atoms with E-state index in [1.165, 1.54) is 11.1 Å². The molecule has 4 aliphatic rings. The van der Waals surface area contributed by atoms with Crippen LogP contribution in [0.5, 0.6) is 0 Å². The first-order valence-electron chi connectivity index (χ1n) is 10.1. The van der Waals surface area contributed by atoms with Crippen molar-refractivity contribution in [1.82, 2.24) is 0 Å². The predicted octanol–water partition coefficient (Wildman–Crippen LogP) is 5.20. The Labute approximate surface area is 167 Å². The first-order valence-corrected chi connectivity index (χ1v) is 10.1. The van der Waals surface area contributed by atoms with Gasteiger partial charge in [-0.15, -0.1) is 0 Å². The zero-order chi connectivity index (χ0) is 19.0. The molecule has 0 fully saturated rings. The minimum absolute atomic E-state index is 0.466. The molecule has 0 aromatic carbocycles. The van der Waals surface area contributed by atoms with Crippen LogP contribution in [0.1, 0.15) is 32.1 Å².